The van der Waals surface area contributed by atoms with E-state index in [1.807, 2.05) is 12.4 Å². The van der Waals surface area contributed by atoms with Gasteiger partial charge in [-0.1, -0.05) is 163 Å². The fourth-order valence-corrected chi connectivity index (χ4v) is 7.12. The zero-order valence-corrected chi connectivity index (χ0v) is 26.4. The molecule has 0 spiro atoms. The maximum Gasteiger partial charge on any atom is 0.191 e. The van der Waals surface area contributed by atoms with E-state index in [2.05, 4.69) is 171 Å². The minimum Gasteiger partial charge on any atom is -0.319 e. The van der Waals surface area contributed by atoms with Crippen LogP contribution in [-0.4, -0.2) is 24.3 Å². The van der Waals surface area contributed by atoms with Gasteiger partial charge in [0.1, 0.15) is 5.54 Å². The molecule has 0 N–H and O–H groups in total. The molecule has 226 valence electrons. The number of benzene rings is 5. The van der Waals surface area contributed by atoms with Crippen LogP contribution in [-0.2, 0) is 24.3 Å². The third-order valence-corrected chi connectivity index (χ3v) is 9.41. The molecule has 0 atom stereocenters. The van der Waals surface area contributed by atoms with Gasteiger partial charge in [0.25, 0.3) is 0 Å². The van der Waals surface area contributed by atoms with E-state index in [0.29, 0.717) is 0 Å². The molecule has 2 heterocycles. The van der Waals surface area contributed by atoms with Gasteiger partial charge in [0, 0.05) is 24.1 Å². The standard InChI is InChI=1S/C40H35N5S/c1-6-17-32(18-7-1)30-46-39-43-42-38(33-19-8-2-9-20-33)45(39)28-16-27-37-29-44(31-41-37)40(34-21-10-3-11-22-34,35-23-12-4-13-24-35)36-25-14-5-15-26-36/h1-15,17-26,29,31H,16,27-28,30H2. The highest BCUT2D eigenvalue weighted by molar-refractivity contribution is 7.98. The van der Waals surface area contributed by atoms with Crippen LogP contribution in [0.3, 0.4) is 0 Å². The summed E-state index contributed by atoms with van der Waals surface area (Å²) >= 11 is 1.73. The molecule has 5 nitrogen and oxygen atoms in total. The van der Waals surface area contributed by atoms with Crippen LogP contribution in [0.4, 0.5) is 0 Å². The van der Waals surface area contributed by atoms with E-state index in [0.717, 1.165) is 47.4 Å². The average molecular weight is 618 g/mol. The summed E-state index contributed by atoms with van der Waals surface area (Å²) < 4.78 is 4.56. The first-order chi connectivity index (χ1) is 22.8. The topological polar surface area (TPSA) is 48.5 Å². The molecule has 0 fully saturated rings. The average Bonchev–Trinajstić information content (AvgIpc) is 3.77. The predicted octanol–water partition coefficient (Wildman–Crippen LogP) is 8.91. The molecule has 6 heteroatoms. The summed E-state index contributed by atoms with van der Waals surface area (Å²) in [6, 6.07) is 53.1. The van der Waals surface area contributed by atoms with Crippen molar-refractivity contribution in [3.05, 3.63) is 192 Å². The third kappa shape index (κ3) is 6.04. The number of hydrogen-bond donors (Lipinski definition) is 0. The Balaban J connectivity index is 1.18. The molecule has 7 rings (SSSR count). The summed E-state index contributed by atoms with van der Waals surface area (Å²) in [5, 5.41) is 10.2. The van der Waals surface area contributed by atoms with Crippen molar-refractivity contribution in [1.82, 2.24) is 24.3 Å². The Labute approximate surface area is 274 Å². The lowest BCUT2D eigenvalue weighted by molar-refractivity contribution is 0.513. The molecule has 0 bridgehead atoms. The van der Waals surface area contributed by atoms with Gasteiger partial charge in [-0.25, -0.2) is 4.98 Å². The molecule has 2 aromatic heterocycles. The number of imidazole rings is 1. The summed E-state index contributed by atoms with van der Waals surface area (Å²) in [6.45, 7) is 0.794. The van der Waals surface area contributed by atoms with E-state index >= 15 is 0 Å². The molecule has 0 aliphatic heterocycles. The smallest absolute Gasteiger partial charge is 0.191 e. The van der Waals surface area contributed by atoms with Gasteiger partial charge in [0.15, 0.2) is 11.0 Å². The third-order valence-electron chi connectivity index (χ3n) is 8.37. The second-order valence-electron chi connectivity index (χ2n) is 11.3. The molecular formula is C40H35N5S. The molecule has 5 aromatic carbocycles. The first-order valence-corrected chi connectivity index (χ1v) is 16.7. The van der Waals surface area contributed by atoms with Crippen molar-refractivity contribution >= 4 is 11.8 Å². The van der Waals surface area contributed by atoms with E-state index < -0.39 is 5.54 Å². The highest BCUT2D eigenvalue weighted by Crippen LogP contribution is 2.41. The molecule has 0 saturated heterocycles. The van der Waals surface area contributed by atoms with Crippen LogP contribution in [0.25, 0.3) is 11.4 Å². The second kappa shape index (κ2) is 13.8. The lowest BCUT2D eigenvalue weighted by Gasteiger charge is -2.37. The molecule has 0 aliphatic rings. The second-order valence-corrected chi connectivity index (χ2v) is 12.2. The van der Waals surface area contributed by atoms with Gasteiger partial charge in [-0.3, -0.25) is 0 Å². The normalized spacial score (nSPS) is 11.5. The summed E-state index contributed by atoms with van der Waals surface area (Å²) in [6.07, 6.45) is 5.96. The summed E-state index contributed by atoms with van der Waals surface area (Å²) in [5.41, 5.74) is 6.40. The van der Waals surface area contributed by atoms with Gasteiger partial charge in [-0.15, -0.1) is 10.2 Å². The van der Waals surface area contributed by atoms with Gasteiger partial charge in [0.05, 0.1) is 12.0 Å². The Kier molecular flexibility index (Phi) is 8.88. The predicted molar refractivity (Wildman–Crippen MR) is 187 cm³/mol. The molecular weight excluding hydrogens is 583 g/mol. The number of aromatic nitrogens is 5. The van der Waals surface area contributed by atoms with Crippen LogP contribution in [0.5, 0.6) is 0 Å². The number of hydrogen-bond acceptors (Lipinski definition) is 4. The van der Waals surface area contributed by atoms with E-state index in [4.69, 9.17) is 4.98 Å². The maximum absolute atomic E-state index is 4.97. The van der Waals surface area contributed by atoms with Crippen molar-refractivity contribution in [2.24, 2.45) is 0 Å². The minimum atomic E-state index is -0.564. The fraction of sp³-hybridized carbons (Fsp3) is 0.125. The molecule has 46 heavy (non-hydrogen) atoms. The summed E-state index contributed by atoms with van der Waals surface area (Å²) in [5.74, 6) is 1.75. The summed E-state index contributed by atoms with van der Waals surface area (Å²) in [4.78, 5) is 4.97. The van der Waals surface area contributed by atoms with Crippen molar-refractivity contribution in [1.29, 1.82) is 0 Å². The fourth-order valence-electron chi connectivity index (χ4n) is 6.20. The van der Waals surface area contributed by atoms with E-state index in [1.165, 1.54) is 22.3 Å². The number of rotatable bonds is 12. The minimum absolute atomic E-state index is 0.564. The van der Waals surface area contributed by atoms with E-state index in [1.54, 1.807) is 11.8 Å². The van der Waals surface area contributed by atoms with Crippen molar-refractivity contribution in [2.75, 3.05) is 0 Å². The zero-order chi connectivity index (χ0) is 31.0. The number of aryl methyl sites for hydroxylation is 1. The van der Waals surface area contributed by atoms with Crippen LogP contribution in [0.2, 0.25) is 0 Å². The Hall–Kier alpha value is -5.20. The Morgan fingerprint density at radius 2 is 1.11 bits per heavy atom. The van der Waals surface area contributed by atoms with Gasteiger partial charge < -0.3 is 9.13 Å². The Morgan fingerprint density at radius 1 is 0.587 bits per heavy atom. The lowest BCUT2D eigenvalue weighted by atomic mass is 9.77. The van der Waals surface area contributed by atoms with Gasteiger partial charge in [0.2, 0.25) is 0 Å². The molecule has 7 aromatic rings. The van der Waals surface area contributed by atoms with Crippen LogP contribution >= 0.6 is 11.8 Å². The van der Waals surface area contributed by atoms with Crippen molar-refractivity contribution < 1.29 is 0 Å². The van der Waals surface area contributed by atoms with Gasteiger partial charge in [-0.2, -0.15) is 0 Å². The quantitative estimate of drug-likeness (QED) is 0.101. The molecule has 0 amide bonds. The van der Waals surface area contributed by atoms with E-state index in [9.17, 15) is 0 Å². The molecule has 0 unspecified atom stereocenters. The zero-order valence-electron chi connectivity index (χ0n) is 25.6. The maximum atomic E-state index is 4.97. The van der Waals surface area contributed by atoms with Gasteiger partial charge >= 0.3 is 0 Å². The number of nitrogens with zero attached hydrogens (tertiary/aromatic N) is 5. The molecule has 0 saturated carbocycles. The first-order valence-electron chi connectivity index (χ1n) is 15.7. The van der Waals surface area contributed by atoms with Crippen molar-refractivity contribution in [3.63, 3.8) is 0 Å². The van der Waals surface area contributed by atoms with Crippen LogP contribution in [0, 0.1) is 0 Å². The summed E-state index contributed by atoms with van der Waals surface area (Å²) in [7, 11) is 0. The van der Waals surface area contributed by atoms with Crippen LogP contribution < -0.4 is 0 Å². The highest BCUT2D eigenvalue weighted by Gasteiger charge is 2.38. The van der Waals surface area contributed by atoms with E-state index in [-0.39, 0.29) is 0 Å². The highest BCUT2D eigenvalue weighted by atomic mass is 32.2. The monoisotopic (exact) mass is 617 g/mol. The largest absolute Gasteiger partial charge is 0.319 e. The van der Waals surface area contributed by atoms with Crippen molar-refractivity contribution in [2.45, 2.75) is 35.8 Å². The van der Waals surface area contributed by atoms with Crippen molar-refractivity contribution in [3.8, 4) is 11.4 Å². The number of thioether (sulfide) groups is 1. The van der Waals surface area contributed by atoms with Crippen LogP contribution in [0.15, 0.2) is 169 Å². The first kappa shape index (κ1) is 29.5. The molecule has 0 radical (unpaired) electrons. The van der Waals surface area contributed by atoms with Crippen LogP contribution in [0.1, 0.15) is 34.4 Å². The Morgan fingerprint density at radius 3 is 1.67 bits per heavy atom. The van der Waals surface area contributed by atoms with Gasteiger partial charge in [-0.05, 0) is 35.1 Å². The lowest BCUT2D eigenvalue weighted by Crippen LogP contribution is -2.36. The molecule has 0 aliphatic carbocycles. The Bertz CT molecular complexity index is 1860. The SMILES string of the molecule is c1ccc(CSc2nnc(-c3ccccc3)n2CCCc2cn(C(c3ccccc3)(c3ccccc3)c3ccccc3)cn2)cc1.